The number of fused-ring (bicyclic) bond motifs is 1. The molecule has 0 saturated carbocycles. The zero-order valence-corrected chi connectivity index (χ0v) is 12.9. The Kier molecular flexibility index (Phi) is 4.08. The summed E-state index contributed by atoms with van der Waals surface area (Å²) < 4.78 is 5.28. The Morgan fingerprint density at radius 2 is 2.20 bits per heavy atom. The van der Waals surface area contributed by atoms with Crippen molar-refractivity contribution in [3.05, 3.63) is 51.2 Å². The molecule has 0 amide bonds. The van der Waals surface area contributed by atoms with Gasteiger partial charge in [-0.3, -0.25) is 0 Å². The van der Waals surface area contributed by atoms with Crippen molar-refractivity contribution in [3.63, 3.8) is 0 Å². The second-order valence-electron chi connectivity index (χ2n) is 5.39. The van der Waals surface area contributed by atoms with Gasteiger partial charge in [0.15, 0.2) is 0 Å². The topological polar surface area (TPSA) is 21.3 Å². The van der Waals surface area contributed by atoms with Crippen LogP contribution in [0.3, 0.4) is 0 Å². The van der Waals surface area contributed by atoms with Crippen LogP contribution in [0.15, 0.2) is 30.3 Å². The molecule has 1 aromatic heterocycles. The first kappa shape index (κ1) is 13.7. The maximum atomic E-state index is 5.28. The van der Waals surface area contributed by atoms with Gasteiger partial charge in [0, 0.05) is 22.3 Å². The third-order valence-electron chi connectivity index (χ3n) is 3.97. The lowest BCUT2D eigenvalue weighted by Gasteiger charge is -2.14. The number of hydrogen-bond donors (Lipinski definition) is 1. The van der Waals surface area contributed by atoms with E-state index >= 15 is 0 Å². The third kappa shape index (κ3) is 2.89. The molecule has 1 N–H and O–H groups in total. The van der Waals surface area contributed by atoms with Gasteiger partial charge in [-0.25, -0.2) is 0 Å². The zero-order chi connectivity index (χ0) is 13.9. The van der Waals surface area contributed by atoms with Crippen LogP contribution >= 0.6 is 11.3 Å². The van der Waals surface area contributed by atoms with Crippen LogP contribution < -0.4 is 10.1 Å². The summed E-state index contributed by atoms with van der Waals surface area (Å²) in [4.78, 5) is 3.07. The molecular weight excluding hydrogens is 266 g/mol. The van der Waals surface area contributed by atoms with E-state index < -0.39 is 0 Å². The summed E-state index contributed by atoms with van der Waals surface area (Å²) >= 11 is 1.98. The summed E-state index contributed by atoms with van der Waals surface area (Å²) in [5.74, 6) is 0.922. The van der Waals surface area contributed by atoms with E-state index in [4.69, 9.17) is 4.74 Å². The fourth-order valence-corrected chi connectivity index (χ4v) is 3.97. The monoisotopic (exact) mass is 287 g/mol. The average molecular weight is 287 g/mol. The largest absolute Gasteiger partial charge is 0.497 e. The van der Waals surface area contributed by atoms with Crippen LogP contribution in [0.25, 0.3) is 0 Å². The molecular formula is C17H21NOS. The summed E-state index contributed by atoms with van der Waals surface area (Å²) in [6.45, 7) is 3.16. The lowest BCUT2D eigenvalue weighted by atomic mass is 10.1. The molecule has 1 aliphatic carbocycles. The standard InChI is InChI=1S/C17H21NOS/c1-12(13-5-3-7-15(9-13)19-2)18-11-16-10-14-6-4-8-17(14)20-16/h3,5,7,9-10,12,18H,4,6,8,11H2,1-2H3. The maximum Gasteiger partial charge on any atom is 0.119 e. The number of hydrogen-bond acceptors (Lipinski definition) is 3. The number of thiophene rings is 1. The predicted molar refractivity (Wildman–Crippen MR) is 84.6 cm³/mol. The molecule has 0 aliphatic heterocycles. The second-order valence-corrected chi connectivity index (χ2v) is 6.62. The molecule has 0 saturated heterocycles. The molecule has 0 spiro atoms. The molecule has 2 nitrogen and oxygen atoms in total. The molecule has 2 aromatic rings. The van der Waals surface area contributed by atoms with Gasteiger partial charge in [0.25, 0.3) is 0 Å². The van der Waals surface area contributed by atoms with Gasteiger partial charge in [0.2, 0.25) is 0 Å². The van der Waals surface area contributed by atoms with E-state index in [1.54, 1.807) is 17.6 Å². The molecule has 20 heavy (non-hydrogen) atoms. The molecule has 0 bridgehead atoms. The fraction of sp³-hybridized carbons (Fsp3) is 0.412. The SMILES string of the molecule is COc1cccc(C(C)NCc2cc3c(s2)CCC3)c1. The first-order chi connectivity index (χ1) is 9.76. The zero-order valence-electron chi connectivity index (χ0n) is 12.1. The van der Waals surface area contributed by atoms with Gasteiger partial charge in [-0.05, 0) is 55.5 Å². The van der Waals surface area contributed by atoms with Gasteiger partial charge in [0.05, 0.1) is 7.11 Å². The molecule has 1 atom stereocenters. The minimum Gasteiger partial charge on any atom is -0.497 e. The number of ether oxygens (including phenoxy) is 1. The number of benzene rings is 1. The van der Waals surface area contributed by atoms with Gasteiger partial charge in [0.1, 0.15) is 5.75 Å². The summed E-state index contributed by atoms with van der Waals surface area (Å²) in [6.07, 6.45) is 3.90. The molecule has 3 rings (SSSR count). The average Bonchev–Trinajstić information content (AvgIpc) is 3.05. The Labute approximate surface area is 124 Å². The summed E-state index contributed by atoms with van der Waals surface area (Å²) in [6, 6.07) is 11.0. The smallest absolute Gasteiger partial charge is 0.119 e. The van der Waals surface area contributed by atoms with E-state index in [0.29, 0.717) is 6.04 Å². The van der Waals surface area contributed by atoms with Crippen LogP contribution in [0.5, 0.6) is 5.75 Å². The van der Waals surface area contributed by atoms with Crippen molar-refractivity contribution in [1.29, 1.82) is 0 Å². The van der Waals surface area contributed by atoms with E-state index in [1.165, 1.54) is 29.7 Å². The molecule has 1 aliphatic rings. The number of methoxy groups -OCH3 is 1. The summed E-state index contributed by atoms with van der Waals surface area (Å²) in [5.41, 5.74) is 2.86. The van der Waals surface area contributed by atoms with Crippen LogP contribution in [0, 0.1) is 0 Å². The molecule has 0 radical (unpaired) electrons. The predicted octanol–water partition coefficient (Wildman–Crippen LogP) is 4.10. The van der Waals surface area contributed by atoms with Gasteiger partial charge in [-0.15, -0.1) is 11.3 Å². The highest BCUT2D eigenvalue weighted by Crippen LogP contribution is 2.30. The Morgan fingerprint density at radius 3 is 3.00 bits per heavy atom. The van der Waals surface area contributed by atoms with Crippen molar-refractivity contribution in [2.75, 3.05) is 7.11 Å². The Hall–Kier alpha value is -1.32. The molecule has 1 aromatic carbocycles. The minimum absolute atomic E-state index is 0.335. The van der Waals surface area contributed by atoms with Crippen molar-refractivity contribution in [3.8, 4) is 5.75 Å². The van der Waals surface area contributed by atoms with Crippen molar-refractivity contribution in [1.82, 2.24) is 5.32 Å². The molecule has 0 fully saturated rings. The second kappa shape index (κ2) is 5.98. The van der Waals surface area contributed by atoms with E-state index in [9.17, 15) is 0 Å². The van der Waals surface area contributed by atoms with Crippen molar-refractivity contribution >= 4 is 11.3 Å². The van der Waals surface area contributed by atoms with Gasteiger partial charge < -0.3 is 10.1 Å². The summed E-state index contributed by atoms with van der Waals surface area (Å²) in [7, 11) is 1.71. The number of rotatable bonds is 5. The normalized spacial score (nSPS) is 15.1. The Balaban J connectivity index is 1.62. The van der Waals surface area contributed by atoms with Crippen LogP contribution in [-0.2, 0) is 19.4 Å². The molecule has 106 valence electrons. The van der Waals surface area contributed by atoms with E-state index in [2.05, 4.69) is 30.4 Å². The van der Waals surface area contributed by atoms with E-state index in [-0.39, 0.29) is 0 Å². The molecule has 1 heterocycles. The summed E-state index contributed by atoms with van der Waals surface area (Å²) in [5, 5.41) is 3.61. The van der Waals surface area contributed by atoms with Crippen molar-refractivity contribution in [2.24, 2.45) is 0 Å². The van der Waals surface area contributed by atoms with E-state index in [0.717, 1.165) is 12.3 Å². The highest BCUT2D eigenvalue weighted by molar-refractivity contribution is 7.12. The van der Waals surface area contributed by atoms with Gasteiger partial charge in [-0.1, -0.05) is 12.1 Å². The lowest BCUT2D eigenvalue weighted by Crippen LogP contribution is -2.17. The minimum atomic E-state index is 0.335. The molecule has 3 heteroatoms. The van der Waals surface area contributed by atoms with Crippen LogP contribution in [0.1, 0.15) is 40.3 Å². The van der Waals surface area contributed by atoms with Gasteiger partial charge >= 0.3 is 0 Å². The first-order valence-electron chi connectivity index (χ1n) is 7.24. The van der Waals surface area contributed by atoms with Crippen LogP contribution in [-0.4, -0.2) is 7.11 Å². The number of nitrogens with one attached hydrogen (secondary N) is 1. The van der Waals surface area contributed by atoms with Gasteiger partial charge in [-0.2, -0.15) is 0 Å². The van der Waals surface area contributed by atoms with Crippen molar-refractivity contribution < 1.29 is 4.74 Å². The third-order valence-corrected chi connectivity index (χ3v) is 5.21. The number of aryl methyl sites for hydroxylation is 2. The fourth-order valence-electron chi connectivity index (χ4n) is 2.76. The molecule has 1 unspecified atom stereocenters. The lowest BCUT2D eigenvalue weighted by molar-refractivity contribution is 0.413. The van der Waals surface area contributed by atoms with Crippen LogP contribution in [0.4, 0.5) is 0 Å². The Morgan fingerprint density at radius 1 is 1.30 bits per heavy atom. The Bertz CT molecular complexity index is 569. The van der Waals surface area contributed by atoms with E-state index in [1.807, 2.05) is 23.5 Å². The maximum absolute atomic E-state index is 5.28. The highest BCUT2D eigenvalue weighted by atomic mass is 32.1. The van der Waals surface area contributed by atoms with Crippen molar-refractivity contribution in [2.45, 2.75) is 38.8 Å². The quantitative estimate of drug-likeness (QED) is 0.894. The first-order valence-corrected chi connectivity index (χ1v) is 8.05. The highest BCUT2D eigenvalue weighted by Gasteiger charge is 2.15. The van der Waals surface area contributed by atoms with Crippen LogP contribution in [0.2, 0.25) is 0 Å².